The number of hydrogen-bond acceptors (Lipinski definition) is 5. The quantitative estimate of drug-likeness (QED) is 0.255. The van der Waals surface area contributed by atoms with Gasteiger partial charge in [-0.25, -0.2) is 4.79 Å². The van der Waals surface area contributed by atoms with Crippen LogP contribution in [0, 0.1) is 0 Å². The molecule has 4 amide bonds. The van der Waals surface area contributed by atoms with Gasteiger partial charge in [0, 0.05) is 18.7 Å². The van der Waals surface area contributed by atoms with Gasteiger partial charge in [-0.05, 0) is 67.6 Å². The van der Waals surface area contributed by atoms with E-state index in [1.165, 1.54) is 11.0 Å². The molecule has 0 aliphatic heterocycles. The number of primary amides is 1. The summed E-state index contributed by atoms with van der Waals surface area (Å²) in [5.74, 6) is -1.66. The molecule has 0 radical (unpaired) electrons. The Morgan fingerprint density at radius 3 is 2.26 bits per heavy atom. The number of alkyl carbamates (subject to hydrolysis) is 1. The largest absolute Gasteiger partial charge is 0.444 e. The van der Waals surface area contributed by atoms with Gasteiger partial charge in [-0.3, -0.25) is 14.4 Å². The van der Waals surface area contributed by atoms with Crippen LogP contribution < -0.4 is 16.4 Å². The van der Waals surface area contributed by atoms with E-state index in [0.29, 0.717) is 11.3 Å². The van der Waals surface area contributed by atoms with Gasteiger partial charge in [0.05, 0.1) is 0 Å². The molecule has 42 heavy (non-hydrogen) atoms. The third kappa shape index (κ3) is 8.92. The molecule has 4 N–H and O–H groups in total. The molecule has 0 aliphatic rings. The van der Waals surface area contributed by atoms with Gasteiger partial charge in [0.15, 0.2) is 0 Å². The molecule has 0 aromatic heterocycles. The summed E-state index contributed by atoms with van der Waals surface area (Å²) in [4.78, 5) is 53.7. The number of nitrogens with zero attached hydrogens (tertiary/aromatic N) is 1. The van der Waals surface area contributed by atoms with Gasteiger partial charge in [0.25, 0.3) is 5.91 Å². The maximum atomic E-state index is 14.1. The molecule has 9 nitrogen and oxygen atoms in total. The van der Waals surface area contributed by atoms with Crippen molar-refractivity contribution in [2.24, 2.45) is 5.73 Å². The number of ether oxygens (including phenoxy) is 1. The zero-order chi connectivity index (χ0) is 30.9. The Morgan fingerprint density at radius 1 is 1.00 bits per heavy atom. The van der Waals surface area contributed by atoms with E-state index < -0.39 is 41.5 Å². The molecular formula is C33H40N4O5. The van der Waals surface area contributed by atoms with E-state index in [1.54, 1.807) is 26.8 Å². The van der Waals surface area contributed by atoms with Crippen LogP contribution in [0.1, 0.15) is 57.7 Å². The third-order valence-corrected chi connectivity index (χ3v) is 6.56. The van der Waals surface area contributed by atoms with E-state index in [4.69, 9.17) is 10.5 Å². The van der Waals surface area contributed by atoms with Crippen molar-refractivity contribution in [1.82, 2.24) is 10.2 Å². The number of carbonyl (C=O) groups is 4. The molecule has 222 valence electrons. The molecule has 0 saturated heterocycles. The van der Waals surface area contributed by atoms with Crippen molar-refractivity contribution in [3.05, 3.63) is 90.5 Å². The van der Waals surface area contributed by atoms with Gasteiger partial charge in [0.2, 0.25) is 11.8 Å². The number of fused-ring (bicyclic) bond motifs is 1. The fourth-order valence-corrected chi connectivity index (χ4v) is 4.54. The molecule has 0 spiro atoms. The second kappa shape index (κ2) is 14.3. The number of amides is 4. The molecule has 3 rings (SSSR count). The number of benzene rings is 3. The molecule has 0 aliphatic carbocycles. The number of anilines is 1. The smallest absolute Gasteiger partial charge is 0.408 e. The van der Waals surface area contributed by atoms with Crippen LogP contribution in [0.25, 0.3) is 10.8 Å². The topological polar surface area (TPSA) is 131 Å². The number of carbonyl (C=O) groups excluding carboxylic acids is 4. The van der Waals surface area contributed by atoms with E-state index in [-0.39, 0.29) is 19.4 Å². The molecule has 9 heteroatoms. The van der Waals surface area contributed by atoms with Crippen molar-refractivity contribution in [3.8, 4) is 0 Å². The lowest BCUT2D eigenvalue weighted by atomic mass is 9.99. The third-order valence-electron chi connectivity index (χ3n) is 6.56. The first-order valence-electron chi connectivity index (χ1n) is 14.0. The van der Waals surface area contributed by atoms with Gasteiger partial charge >= 0.3 is 6.09 Å². The second-order valence-electron chi connectivity index (χ2n) is 11.0. The van der Waals surface area contributed by atoms with Crippen LogP contribution in [0.3, 0.4) is 0 Å². The monoisotopic (exact) mass is 572 g/mol. The molecule has 0 fully saturated rings. The molecule has 0 saturated carbocycles. The van der Waals surface area contributed by atoms with Crippen LogP contribution in [-0.4, -0.2) is 46.9 Å². The predicted octanol–water partition coefficient (Wildman–Crippen LogP) is 5.26. The fourth-order valence-electron chi connectivity index (χ4n) is 4.54. The number of hydrogen-bond donors (Lipinski definition) is 3. The van der Waals surface area contributed by atoms with Gasteiger partial charge in [0.1, 0.15) is 17.7 Å². The van der Waals surface area contributed by atoms with Crippen LogP contribution in [0.4, 0.5) is 10.5 Å². The molecule has 3 aromatic carbocycles. The van der Waals surface area contributed by atoms with E-state index >= 15 is 0 Å². The summed E-state index contributed by atoms with van der Waals surface area (Å²) in [5, 5.41) is 7.51. The van der Waals surface area contributed by atoms with Crippen molar-refractivity contribution >= 4 is 40.3 Å². The molecular weight excluding hydrogens is 532 g/mol. The maximum absolute atomic E-state index is 14.1. The Balaban J connectivity index is 2.01. The highest BCUT2D eigenvalue weighted by atomic mass is 16.6. The Morgan fingerprint density at radius 2 is 1.67 bits per heavy atom. The highest BCUT2D eigenvalue weighted by Crippen LogP contribution is 2.27. The zero-order valence-corrected chi connectivity index (χ0v) is 24.7. The minimum Gasteiger partial charge on any atom is -0.444 e. The second-order valence-corrected chi connectivity index (χ2v) is 11.0. The van der Waals surface area contributed by atoms with Crippen LogP contribution in [0.2, 0.25) is 0 Å². The minimum absolute atomic E-state index is 0.00671. The van der Waals surface area contributed by atoms with E-state index in [1.807, 2.05) is 67.6 Å². The molecule has 0 bridgehead atoms. The molecule has 0 heterocycles. The first kappa shape index (κ1) is 31.9. The van der Waals surface area contributed by atoms with Crippen molar-refractivity contribution < 1.29 is 23.9 Å². The van der Waals surface area contributed by atoms with Crippen LogP contribution in [-0.2, 0) is 25.5 Å². The van der Waals surface area contributed by atoms with Crippen molar-refractivity contribution in [3.63, 3.8) is 0 Å². The highest BCUT2D eigenvalue weighted by molar-refractivity contribution is 6.00. The summed E-state index contributed by atoms with van der Waals surface area (Å²) in [5.41, 5.74) is 6.77. The molecule has 3 aromatic rings. The van der Waals surface area contributed by atoms with E-state index in [9.17, 15) is 19.2 Å². The lowest BCUT2D eigenvalue weighted by Gasteiger charge is -2.34. The van der Waals surface area contributed by atoms with E-state index in [2.05, 4.69) is 17.2 Å². The lowest BCUT2D eigenvalue weighted by molar-refractivity contribution is -0.140. The van der Waals surface area contributed by atoms with Crippen molar-refractivity contribution in [2.75, 3.05) is 11.9 Å². The van der Waals surface area contributed by atoms with Gasteiger partial charge < -0.3 is 26.0 Å². The summed E-state index contributed by atoms with van der Waals surface area (Å²) in [6.07, 6.45) is 1.25. The Bertz CT molecular complexity index is 1430. The van der Waals surface area contributed by atoms with E-state index in [0.717, 1.165) is 22.8 Å². The zero-order valence-electron chi connectivity index (χ0n) is 24.7. The standard InChI is InChI=1S/C33H40N4O5/c1-6-20-37(31(40)27(18-19-28(34)38)36-32(41)42-33(3,4)5)29(24-14-12-22(7-2)13-15-24)30(39)35-26-17-16-23-10-8-9-11-25(23)21-26/h6,8-17,21,27,29H,1,7,18-20H2,2-5H3,(H2,34,38)(H,35,39)(H,36,41). The summed E-state index contributed by atoms with van der Waals surface area (Å²) >= 11 is 0. The molecule has 2 atom stereocenters. The average molecular weight is 573 g/mol. The Labute approximate surface area is 247 Å². The normalized spacial score (nSPS) is 12.6. The van der Waals surface area contributed by atoms with Crippen molar-refractivity contribution in [1.29, 1.82) is 0 Å². The lowest BCUT2D eigenvalue weighted by Crippen LogP contribution is -2.52. The highest BCUT2D eigenvalue weighted by Gasteiger charge is 2.36. The van der Waals surface area contributed by atoms with Gasteiger partial charge in [-0.1, -0.05) is 67.6 Å². The number of nitrogens with two attached hydrogens (primary N) is 1. The average Bonchev–Trinajstić information content (AvgIpc) is 2.94. The first-order valence-corrected chi connectivity index (χ1v) is 14.0. The minimum atomic E-state index is -1.18. The number of nitrogens with one attached hydrogen (secondary N) is 2. The number of aryl methyl sites for hydroxylation is 1. The number of rotatable bonds is 12. The summed E-state index contributed by atoms with van der Waals surface area (Å²) in [6.45, 7) is 10.9. The summed E-state index contributed by atoms with van der Waals surface area (Å²) in [6, 6.07) is 18.5. The molecule has 2 unspecified atom stereocenters. The van der Waals surface area contributed by atoms with Gasteiger partial charge in [-0.2, -0.15) is 0 Å². The van der Waals surface area contributed by atoms with Crippen LogP contribution >= 0.6 is 0 Å². The van der Waals surface area contributed by atoms with Crippen molar-refractivity contribution in [2.45, 2.75) is 64.6 Å². The SMILES string of the molecule is C=CCN(C(=O)C(CCC(N)=O)NC(=O)OC(C)(C)C)C(C(=O)Nc1ccc2ccccc2c1)c1ccc(CC)cc1. The Hall–Kier alpha value is -4.66. The first-order chi connectivity index (χ1) is 19.9. The van der Waals surface area contributed by atoms with Crippen LogP contribution in [0.5, 0.6) is 0 Å². The fraction of sp³-hybridized carbons (Fsp3) is 0.333. The maximum Gasteiger partial charge on any atom is 0.408 e. The van der Waals surface area contributed by atoms with Crippen LogP contribution in [0.15, 0.2) is 79.4 Å². The summed E-state index contributed by atoms with van der Waals surface area (Å²) in [7, 11) is 0. The van der Waals surface area contributed by atoms with Gasteiger partial charge in [-0.15, -0.1) is 6.58 Å². The predicted molar refractivity (Wildman–Crippen MR) is 165 cm³/mol. The Kier molecular flexibility index (Phi) is 10.8. The summed E-state index contributed by atoms with van der Waals surface area (Å²) < 4.78 is 5.36.